The second-order valence-electron chi connectivity index (χ2n) is 7.18. The fourth-order valence-corrected chi connectivity index (χ4v) is 3.04. The molecule has 0 aliphatic carbocycles. The van der Waals surface area contributed by atoms with Gasteiger partial charge in [0.25, 0.3) is 11.8 Å². The maximum absolute atomic E-state index is 12.6. The lowest BCUT2D eigenvalue weighted by Gasteiger charge is -2.16. The number of hydrogen-bond donors (Lipinski definition) is 1. The fourth-order valence-electron chi connectivity index (χ4n) is 3.04. The van der Waals surface area contributed by atoms with Gasteiger partial charge in [-0.3, -0.25) is 14.4 Å². The maximum atomic E-state index is 12.6. The van der Waals surface area contributed by atoms with E-state index in [9.17, 15) is 14.4 Å². The first kappa shape index (κ1) is 20.4. The van der Waals surface area contributed by atoms with Gasteiger partial charge >= 0.3 is 0 Å². The van der Waals surface area contributed by atoms with E-state index in [-0.39, 0.29) is 24.3 Å². The number of hydrogen-bond acceptors (Lipinski definition) is 4. The molecule has 1 fully saturated rings. The second-order valence-corrected chi connectivity index (χ2v) is 7.18. The minimum Gasteiger partial charge on any atom is -0.484 e. The molecule has 0 atom stereocenters. The van der Waals surface area contributed by atoms with Crippen LogP contribution in [0.4, 0.5) is 5.69 Å². The number of anilines is 1. The SMILES string of the molecule is CN(C)C(=O)COc1cccc(C(=O)Nc2cccc(CN3CCCC3=O)c2)c1. The van der Waals surface area contributed by atoms with E-state index < -0.39 is 0 Å². The normalized spacial score (nSPS) is 13.3. The zero-order valence-corrected chi connectivity index (χ0v) is 16.7. The summed E-state index contributed by atoms with van der Waals surface area (Å²) in [7, 11) is 3.31. The molecule has 0 radical (unpaired) electrons. The Kier molecular flexibility index (Phi) is 6.49. The van der Waals surface area contributed by atoms with Gasteiger partial charge in [0, 0.05) is 44.9 Å². The first-order valence-corrected chi connectivity index (χ1v) is 9.53. The van der Waals surface area contributed by atoms with Crippen LogP contribution in [0.15, 0.2) is 48.5 Å². The number of likely N-dealkylation sites (N-methyl/N-ethyl adjacent to an activating group) is 1. The number of ether oxygens (including phenoxy) is 1. The third-order valence-electron chi connectivity index (χ3n) is 4.69. The summed E-state index contributed by atoms with van der Waals surface area (Å²) >= 11 is 0. The number of nitrogens with zero attached hydrogens (tertiary/aromatic N) is 2. The van der Waals surface area contributed by atoms with Crippen LogP contribution in [0.2, 0.25) is 0 Å². The largest absolute Gasteiger partial charge is 0.484 e. The van der Waals surface area contributed by atoms with E-state index in [1.54, 1.807) is 38.4 Å². The number of nitrogens with one attached hydrogen (secondary N) is 1. The molecule has 0 aromatic heterocycles. The number of likely N-dealkylation sites (tertiary alicyclic amines) is 1. The monoisotopic (exact) mass is 395 g/mol. The molecule has 1 aliphatic heterocycles. The highest BCUT2D eigenvalue weighted by atomic mass is 16.5. The molecule has 1 saturated heterocycles. The van der Waals surface area contributed by atoms with Crippen molar-refractivity contribution in [1.82, 2.24) is 9.80 Å². The van der Waals surface area contributed by atoms with Crippen LogP contribution in [0.3, 0.4) is 0 Å². The summed E-state index contributed by atoms with van der Waals surface area (Å²) in [4.78, 5) is 39.3. The molecule has 3 amide bonds. The molecule has 0 saturated carbocycles. The average Bonchev–Trinajstić information content (AvgIpc) is 3.11. The van der Waals surface area contributed by atoms with Crippen LogP contribution in [-0.2, 0) is 16.1 Å². The predicted octanol–water partition coefficient (Wildman–Crippen LogP) is 2.53. The molecule has 3 rings (SSSR count). The third kappa shape index (κ3) is 5.57. The van der Waals surface area contributed by atoms with Crippen LogP contribution in [0.5, 0.6) is 5.75 Å². The van der Waals surface area contributed by atoms with Gasteiger partial charge in [0.05, 0.1) is 0 Å². The van der Waals surface area contributed by atoms with E-state index in [0.29, 0.717) is 30.0 Å². The number of carbonyl (C=O) groups excluding carboxylic acids is 3. The molecule has 0 bridgehead atoms. The van der Waals surface area contributed by atoms with Crippen molar-refractivity contribution in [2.45, 2.75) is 19.4 Å². The van der Waals surface area contributed by atoms with E-state index in [0.717, 1.165) is 18.5 Å². The van der Waals surface area contributed by atoms with Gasteiger partial charge in [-0.05, 0) is 42.3 Å². The molecule has 152 valence electrons. The first-order valence-electron chi connectivity index (χ1n) is 9.53. The average molecular weight is 395 g/mol. The van der Waals surface area contributed by atoms with E-state index in [1.165, 1.54) is 4.90 Å². The fraction of sp³-hybridized carbons (Fsp3) is 0.318. The summed E-state index contributed by atoms with van der Waals surface area (Å²) in [5, 5.41) is 2.87. The van der Waals surface area contributed by atoms with E-state index in [4.69, 9.17) is 4.74 Å². The van der Waals surface area contributed by atoms with E-state index >= 15 is 0 Å². The Morgan fingerprint density at radius 3 is 2.66 bits per heavy atom. The van der Waals surface area contributed by atoms with Crippen LogP contribution in [-0.4, -0.2) is 54.8 Å². The van der Waals surface area contributed by atoms with Crippen LogP contribution in [0.25, 0.3) is 0 Å². The Balaban J connectivity index is 1.62. The van der Waals surface area contributed by atoms with Gasteiger partial charge in [0.2, 0.25) is 5.91 Å². The van der Waals surface area contributed by atoms with Crippen molar-refractivity contribution in [3.05, 3.63) is 59.7 Å². The summed E-state index contributed by atoms with van der Waals surface area (Å²) in [6, 6.07) is 14.2. The molecule has 7 nitrogen and oxygen atoms in total. The van der Waals surface area contributed by atoms with Gasteiger partial charge in [-0.25, -0.2) is 0 Å². The van der Waals surface area contributed by atoms with Crippen molar-refractivity contribution in [3.8, 4) is 5.75 Å². The Morgan fingerprint density at radius 1 is 1.14 bits per heavy atom. The Bertz CT molecular complexity index is 910. The number of rotatable bonds is 7. The highest BCUT2D eigenvalue weighted by molar-refractivity contribution is 6.04. The van der Waals surface area contributed by atoms with Gasteiger partial charge in [-0.15, -0.1) is 0 Å². The van der Waals surface area contributed by atoms with Gasteiger partial charge in [-0.1, -0.05) is 18.2 Å². The van der Waals surface area contributed by atoms with Crippen molar-refractivity contribution in [2.75, 3.05) is 32.6 Å². The Morgan fingerprint density at radius 2 is 1.93 bits per heavy atom. The van der Waals surface area contributed by atoms with Gasteiger partial charge in [0.1, 0.15) is 5.75 Å². The first-order chi connectivity index (χ1) is 13.9. The smallest absolute Gasteiger partial charge is 0.259 e. The van der Waals surface area contributed by atoms with E-state index in [1.807, 2.05) is 29.2 Å². The molecular formula is C22H25N3O4. The second kappa shape index (κ2) is 9.23. The molecule has 2 aromatic rings. The third-order valence-corrected chi connectivity index (χ3v) is 4.69. The molecule has 2 aromatic carbocycles. The van der Waals surface area contributed by atoms with Crippen molar-refractivity contribution >= 4 is 23.4 Å². The van der Waals surface area contributed by atoms with E-state index in [2.05, 4.69) is 5.32 Å². The molecule has 0 unspecified atom stereocenters. The van der Waals surface area contributed by atoms with Gasteiger partial charge in [0.15, 0.2) is 6.61 Å². The number of benzene rings is 2. The maximum Gasteiger partial charge on any atom is 0.259 e. The molecule has 7 heteroatoms. The molecule has 1 N–H and O–H groups in total. The zero-order valence-electron chi connectivity index (χ0n) is 16.7. The molecule has 1 aliphatic rings. The van der Waals surface area contributed by atoms with Crippen molar-refractivity contribution in [3.63, 3.8) is 0 Å². The lowest BCUT2D eigenvalue weighted by Crippen LogP contribution is -2.27. The highest BCUT2D eigenvalue weighted by Gasteiger charge is 2.20. The van der Waals surface area contributed by atoms with Crippen molar-refractivity contribution in [2.24, 2.45) is 0 Å². The highest BCUT2D eigenvalue weighted by Crippen LogP contribution is 2.19. The summed E-state index contributed by atoms with van der Waals surface area (Å²) < 4.78 is 5.47. The Hall–Kier alpha value is -3.35. The predicted molar refractivity (Wildman–Crippen MR) is 110 cm³/mol. The zero-order chi connectivity index (χ0) is 20.8. The lowest BCUT2D eigenvalue weighted by molar-refractivity contribution is -0.131. The topological polar surface area (TPSA) is 79.0 Å². The number of carbonyl (C=O) groups is 3. The quantitative estimate of drug-likeness (QED) is 0.781. The lowest BCUT2D eigenvalue weighted by atomic mass is 10.1. The van der Waals surface area contributed by atoms with Gasteiger partial charge in [-0.2, -0.15) is 0 Å². The Labute approximate surface area is 170 Å². The molecule has 0 spiro atoms. The minimum absolute atomic E-state index is 0.0880. The molecular weight excluding hydrogens is 370 g/mol. The van der Waals surface area contributed by atoms with Crippen molar-refractivity contribution in [1.29, 1.82) is 0 Å². The summed E-state index contributed by atoms with van der Waals surface area (Å²) in [5.74, 6) is 0.190. The summed E-state index contributed by atoms with van der Waals surface area (Å²) in [5.41, 5.74) is 2.06. The standard InChI is InChI=1S/C22H25N3O4/c1-24(2)21(27)15-29-19-9-4-7-17(13-19)22(28)23-18-8-3-6-16(12-18)14-25-11-5-10-20(25)26/h3-4,6-9,12-13H,5,10-11,14-15H2,1-2H3,(H,23,28). The molecule has 1 heterocycles. The van der Waals surface area contributed by atoms with Crippen LogP contribution in [0, 0.1) is 0 Å². The van der Waals surface area contributed by atoms with Crippen LogP contribution < -0.4 is 10.1 Å². The minimum atomic E-state index is -0.274. The number of amides is 3. The van der Waals surface area contributed by atoms with Crippen LogP contribution in [0.1, 0.15) is 28.8 Å². The van der Waals surface area contributed by atoms with Crippen LogP contribution >= 0.6 is 0 Å². The summed E-state index contributed by atoms with van der Waals surface area (Å²) in [6.07, 6.45) is 1.50. The van der Waals surface area contributed by atoms with Gasteiger partial charge < -0.3 is 19.9 Å². The molecule has 29 heavy (non-hydrogen) atoms. The van der Waals surface area contributed by atoms with Crippen molar-refractivity contribution < 1.29 is 19.1 Å². The summed E-state index contributed by atoms with van der Waals surface area (Å²) in [6.45, 7) is 1.24.